The number of benzene rings is 2. The average molecular weight is 235 g/mol. The first-order valence-electron chi connectivity index (χ1n) is 4.71. The molecule has 3 heteroatoms. The smallest absolute Gasteiger partial charge is 0.150 e. The maximum atomic E-state index is 13.1. The summed E-state index contributed by atoms with van der Waals surface area (Å²) in [7, 11) is 0. The number of aldehydes is 1. The van der Waals surface area contributed by atoms with E-state index in [1.165, 1.54) is 18.2 Å². The molecular weight excluding hydrogens is 227 g/mol. The first kappa shape index (κ1) is 10.8. The Kier molecular flexibility index (Phi) is 3.02. The minimum absolute atomic E-state index is 0.351. The van der Waals surface area contributed by atoms with Crippen molar-refractivity contribution < 1.29 is 9.18 Å². The Morgan fingerprint density at radius 2 is 1.94 bits per heavy atom. The van der Waals surface area contributed by atoms with Gasteiger partial charge in [-0.05, 0) is 29.8 Å². The van der Waals surface area contributed by atoms with Crippen LogP contribution in [0.2, 0.25) is 5.02 Å². The molecule has 80 valence electrons. The van der Waals surface area contributed by atoms with Crippen LogP contribution in [0.25, 0.3) is 11.1 Å². The van der Waals surface area contributed by atoms with Crippen LogP contribution in [-0.2, 0) is 0 Å². The van der Waals surface area contributed by atoms with Gasteiger partial charge < -0.3 is 0 Å². The zero-order valence-corrected chi connectivity index (χ0v) is 9.04. The Morgan fingerprint density at radius 3 is 2.69 bits per heavy atom. The maximum Gasteiger partial charge on any atom is 0.150 e. The minimum atomic E-state index is -0.351. The number of rotatable bonds is 2. The summed E-state index contributed by atoms with van der Waals surface area (Å²) >= 11 is 5.97. The summed E-state index contributed by atoms with van der Waals surface area (Å²) in [6.45, 7) is 0. The maximum absolute atomic E-state index is 13.1. The molecule has 0 aliphatic carbocycles. The summed E-state index contributed by atoms with van der Waals surface area (Å²) < 4.78 is 13.1. The third-order valence-corrected chi connectivity index (χ3v) is 2.59. The molecule has 0 saturated carbocycles. The normalized spacial score (nSPS) is 10.1. The molecule has 0 atom stereocenters. The minimum Gasteiger partial charge on any atom is -0.298 e. The Morgan fingerprint density at radius 1 is 1.12 bits per heavy atom. The third kappa shape index (κ3) is 2.12. The van der Waals surface area contributed by atoms with Crippen LogP contribution < -0.4 is 0 Å². The van der Waals surface area contributed by atoms with E-state index in [9.17, 15) is 9.18 Å². The molecule has 0 unspecified atom stereocenters. The van der Waals surface area contributed by atoms with E-state index in [0.29, 0.717) is 16.1 Å². The molecule has 2 aromatic carbocycles. The molecule has 0 saturated heterocycles. The molecule has 0 amide bonds. The number of hydrogen-bond acceptors (Lipinski definition) is 1. The number of carbonyl (C=O) groups is 1. The van der Waals surface area contributed by atoms with Crippen molar-refractivity contribution in [3.63, 3.8) is 0 Å². The highest BCUT2D eigenvalue weighted by atomic mass is 35.5. The largest absolute Gasteiger partial charge is 0.298 e. The van der Waals surface area contributed by atoms with Gasteiger partial charge in [0, 0.05) is 16.1 Å². The quantitative estimate of drug-likeness (QED) is 0.719. The molecule has 2 rings (SSSR count). The lowest BCUT2D eigenvalue weighted by atomic mass is 10.0. The van der Waals surface area contributed by atoms with Crippen LogP contribution >= 0.6 is 11.6 Å². The number of halogens is 2. The second-order valence-electron chi connectivity index (χ2n) is 3.37. The summed E-state index contributed by atoms with van der Waals surface area (Å²) in [5.74, 6) is -0.351. The third-order valence-electron chi connectivity index (χ3n) is 2.26. The SMILES string of the molecule is O=Cc1cccc(-c2cc(F)ccc2Cl)c1. The molecular formula is C13H8ClFO. The molecule has 0 aromatic heterocycles. The summed E-state index contributed by atoms with van der Waals surface area (Å²) in [5, 5.41) is 0.462. The van der Waals surface area contributed by atoms with Gasteiger partial charge in [-0.25, -0.2) is 4.39 Å². The van der Waals surface area contributed by atoms with Crippen LogP contribution in [0.5, 0.6) is 0 Å². The van der Waals surface area contributed by atoms with Crippen LogP contribution in [0.3, 0.4) is 0 Å². The predicted molar refractivity (Wildman–Crippen MR) is 62.2 cm³/mol. The summed E-state index contributed by atoms with van der Waals surface area (Å²) in [5.41, 5.74) is 1.86. The molecule has 0 N–H and O–H groups in total. The van der Waals surface area contributed by atoms with Crippen molar-refractivity contribution in [2.24, 2.45) is 0 Å². The molecule has 0 radical (unpaired) electrons. The highest BCUT2D eigenvalue weighted by Crippen LogP contribution is 2.28. The molecule has 0 aliphatic heterocycles. The van der Waals surface area contributed by atoms with E-state index in [4.69, 9.17) is 11.6 Å². The van der Waals surface area contributed by atoms with Crippen LogP contribution in [0, 0.1) is 5.82 Å². The monoisotopic (exact) mass is 234 g/mol. The van der Waals surface area contributed by atoms with Crippen LogP contribution in [0.15, 0.2) is 42.5 Å². The lowest BCUT2D eigenvalue weighted by molar-refractivity contribution is 0.112. The highest BCUT2D eigenvalue weighted by molar-refractivity contribution is 6.33. The van der Waals surface area contributed by atoms with E-state index in [0.717, 1.165) is 11.8 Å². The fourth-order valence-corrected chi connectivity index (χ4v) is 1.72. The van der Waals surface area contributed by atoms with Crippen LogP contribution in [0.1, 0.15) is 10.4 Å². The number of hydrogen-bond donors (Lipinski definition) is 0. The van der Waals surface area contributed by atoms with Gasteiger partial charge in [-0.3, -0.25) is 4.79 Å². The second-order valence-corrected chi connectivity index (χ2v) is 3.77. The topological polar surface area (TPSA) is 17.1 Å². The van der Waals surface area contributed by atoms with Crippen molar-refractivity contribution in [3.05, 3.63) is 58.9 Å². The van der Waals surface area contributed by atoms with Crippen molar-refractivity contribution >= 4 is 17.9 Å². The van der Waals surface area contributed by atoms with Crippen LogP contribution in [-0.4, -0.2) is 6.29 Å². The number of carbonyl (C=O) groups excluding carboxylic acids is 1. The zero-order chi connectivity index (χ0) is 11.5. The molecule has 0 aliphatic rings. The van der Waals surface area contributed by atoms with Gasteiger partial charge in [0.05, 0.1) is 0 Å². The molecule has 0 bridgehead atoms. The van der Waals surface area contributed by atoms with Crippen LogP contribution in [0.4, 0.5) is 4.39 Å². The lowest BCUT2D eigenvalue weighted by Crippen LogP contribution is -1.85. The second kappa shape index (κ2) is 4.45. The van der Waals surface area contributed by atoms with E-state index in [1.807, 2.05) is 0 Å². The Bertz CT molecular complexity index is 537. The molecule has 0 spiro atoms. The van der Waals surface area contributed by atoms with E-state index in [1.54, 1.807) is 24.3 Å². The molecule has 1 nitrogen and oxygen atoms in total. The molecule has 0 fully saturated rings. The zero-order valence-electron chi connectivity index (χ0n) is 8.28. The van der Waals surface area contributed by atoms with Gasteiger partial charge in [0.2, 0.25) is 0 Å². The lowest BCUT2D eigenvalue weighted by Gasteiger charge is -2.05. The van der Waals surface area contributed by atoms with Crippen molar-refractivity contribution in [2.75, 3.05) is 0 Å². The summed E-state index contributed by atoms with van der Waals surface area (Å²) in [4.78, 5) is 10.6. The summed E-state index contributed by atoms with van der Waals surface area (Å²) in [6, 6.07) is 11.0. The van der Waals surface area contributed by atoms with E-state index >= 15 is 0 Å². The van der Waals surface area contributed by atoms with Crippen molar-refractivity contribution in [3.8, 4) is 11.1 Å². The van der Waals surface area contributed by atoms with Crippen molar-refractivity contribution in [1.82, 2.24) is 0 Å². The Hall–Kier alpha value is -1.67. The Labute approximate surface area is 97.5 Å². The predicted octanol–water partition coefficient (Wildman–Crippen LogP) is 3.96. The van der Waals surface area contributed by atoms with E-state index in [2.05, 4.69) is 0 Å². The van der Waals surface area contributed by atoms with Gasteiger partial charge in [0.15, 0.2) is 0 Å². The van der Waals surface area contributed by atoms with Gasteiger partial charge in [-0.1, -0.05) is 29.8 Å². The van der Waals surface area contributed by atoms with Gasteiger partial charge in [-0.15, -0.1) is 0 Å². The standard InChI is InChI=1S/C13H8ClFO/c14-13-5-4-11(15)7-12(13)10-3-1-2-9(6-10)8-16/h1-8H. The summed E-state index contributed by atoms with van der Waals surface area (Å²) in [6.07, 6.45) is 0.747. The molecule has 2 aromatic rings. The molecule has 0 heterocycles. The fourth-order valence-electron chi connectivity index (χ4n) is 1.50. The van der Waals surface area contributed by atoms with Crippen molar-refractivity contribution in [2.45, 2.75) is 0 Å². The molecule has 16 heavy (non-hydrogen) atoms. The van der Waals surface area contributed by atoms with Gasteiger partial charge in [-0.2, -0.15) is 0 Å². The van der Waals surface area contributed by atoms with Gasteiger partial charge >= 0.3 is 0 Å². The fraction of sp³-hybridized carbons (Fsp3) is 0. The van der Waals surface area contributed by atoms with Gasteiger partial charge in [0.1, 0.15) is 12.1 Å². The average Bonchev–Trinajstić information content (AvgIpc) is 2.32. The van der Waals surface area contributed by atoms with Gasteiger partial charge in [0.25, 0.3) is 0 Å². The first-order chi connectivity index (χ1) is 7.70. The highest BCUT2D eigenvalue weighted by Gasteiger charge is 2.05. The van der Waals surface area contributed by atoms with E-state index < -0.39 is 0 Å². The van der Waals surface area contributed by atoms with Crippen molar-refractivity contribution in [1.29, 1.82) is 0 Å². The van der Waals surface area contributed by atoms with E-state index in [-0.39, 0.29) is 5.82 Å². The Balaban J connectivity index is 2.57. The first-order valence-corrected chi connectivity index (χ1v) is 5.09.